The Kier molecular flexibility index (Phi) is 10.6. The molecule has 47 heavy (non-hydrogen) atoms. The monoisotopic (exact) mass is 636 g/mol. The Hall–Kier alpha value is -5.30. The Labute approximate surface area is 273 Å². The van der Waals surface area contributed by atoms with Crippen molar-refractivity contribution in [2.45, 2.75) is 45.4 Å². The van der Waals surface area contributed by atoms with Crippen molar-refractivity contribution in [1.82, 2.24) is 0 Å². The molecule has 2 aromatic rings. The zero-order valence-corrected chi connectivity index (χ0v) is 26.5. The highest BCUT2D eigenvalue weighted by atomic mass is 19.4. The van der Waals surface area contributed by atoms with Crippen molar-refractivity contribution in [3.05, 3.63) is 130 Å². The molecule has 0 amide bonds. The predicted octanol–water partition coefficient (Wildman–Crippen LogP) is 8.36. The largest absolute Gasteiger partial charge is 0.465 e. The van der Waals surface area contributed by atoms with Gasteiger partial charge in [-0.25, -0.2) is 0 Å². The number of aliphatic hydroxyl groups excluding tert-OH is 1. The SMILES string of the molecule is CCN(CCO)c1ccc(/C=C/C2=CC(=C/C=C/C3=C(C#N)C(=C(C#N)C#N)OC3(c3ccccc3)C(F)(F)F)/CC(C)(C)C2)cc1. The van der Waals surface area contributed by atoms with E-state index >= 15 is 13.2 Å². The van der Waals surface area contributed by atoms with E-state index in [1.165, 1.54) is 36.4 Å². The standard InChI is InChI=1S/C38H35F3N4O2/c1-4-45(19-20-46)32-17-15-27(16-18-32)13-14-29-21-28(22-36(2,3)23-29)9-8-12-34-33(26-44)35(30(24-42)25-43)47-37(34,38(39,40)41)31-10-6-5-7-11-31/h5-18,21,46H,4,19-20,22-23H2,1-3H3/b12-8+,14-13+,28-9-. The van der Waals surface area contributed by atoms with Crippen molar-refractivity contribution in [2.24, 2.45) is 5.41 Å². The summed E-state index contributed by atoms with van der Waals surface area (Å²) >= 11 is 0. The predicted molar refractivity (Wildman–Crippen MR) is 175 cm³/mol. The molecule has 1 aliphatic carbocycles. The maximum atomic E-state index is 15.0. The third kappa shape index (κ3) is 7.41. The van der Waals surface area contributed by atoms with Crippen LogP contribution in [0, 0.1) is 39.4 Å². The van der Waals surface area contributed by atoms with Crippen molar-refractivity contribution >= 4 is 11.8 Å². The average molecular weight is 637 g/mol. The molecule has 6 nitrogen and oxygen atoms in total. The lowest BCUT2D eigenvalue weighted by molar-refractivity contribution is -0.249. The first kappa shape index (κ1) is 34.6. The highest BCUT2D eigenvalue weighted by Crippen LogP contribution is 2.55. The molecule has 1 atom stereocenters. The molecule has 4 rings (SSSR count). The van der Waals surface area contributed by atoms with E-state index in [1.807, 2.05) is 49.4 Å². The number of allylic oxidation sites excluding steroid dienone is 8. The van der Waals surface area contributed by atoms with Crippen LogP contribution in [-0.4, -0.2) is 31.0 Å². The molecular formula is C38H35F3N4O2. The molecular weight excluding hydrogens is 601 g/mol. The molecule has 0 spiro atoms. The molecule has 1 aliphatic heterocycles. The van der Waals surface area contributed by atoms with Gasteiger partial charge < -0.3 is 14.7 Å². The Balaban J connectivity index is 1.73. The Morgan fingerprint density at radius 3 is 2.23 bits per heavy atom. The second-order valence-electron chi connectivity index (χ2n) is 12.0. The second-order valence-corrected chi connectivity index (χ2v) is 12.0. The number of hydrogen-bond acceptors (Lipinski definition) is 6. The van der Waals surface area contributed by atoms with Crippen LogP contribution in [0.3, 0.4) is 0 Å². The Morgan fingerprint density at radius 1 is 0.979 bits per heavy atom. The summed E-state index contributed by atoms with van der Waals surface area (Å²) < 4.78 is 50.6. The van der Waals surface area contributed by atoms with E-state index in [1.54, 1.807) is 30.4 Å². The zero-order chi connectivity index (χ0) is 34.2. The van der Waals surface area contributed by atoms with Crippen LogP contribution in [0.4, 0.5) is 18.9 Å². The van der Waals surface area contributed by atoms with Gasteiger partial charge in [-0.05, 0) is 54.0 Å². The lowest BCUT2D eigenvalue weighted by atomic mass is 9.75. The minimum atomic E-state index is -5.04. The summed E-state index contributed by atoms with van der Waals surface area (Å²) in [5.41, 5.74) is -1.29. The van der Waals surface area contributed by atoms with E-state index < -0.39 is 34.3 Å². The number of nitriles is 3. The fourth-order valence-corrected chi connectivity index (χ4v) is 6.01. The van der Waals surface area contributed by atoms with Crippen molar-refractivity contribution in [3.63, 3.8) is 0 Å². The Morgan fingerprint density at radius 2 is 1.66 bits per heavy atom. The molecule has 1 N–H and O–H groups in total. The number of rotatable bonds is 9. The van der Waals surface area contributed by atoms with Crippen LogP contribution in [0.5, 0.6) is 0 Å². The third-order valence-electron chi connectivity index (χ3n) is 8.08. The molecule has 0 saturated carbocycles. The van der Waals surface area contributed by atoms with Crippen LogP contribution < -0.4 is 4.90 Å². The molecule has 0 aromatic heterocycles. The van der Waals surface area contributed by atoms with Gasteiger partial charge >= 0.3 is 6.18 Å². The summed E-state index contributed by atoms with van der Waals surface area (Å²) in [5.74, 6) is -0.694. The van der Waals surface area contributed by atoms with Crippen LogP contribution in [0.25, 0.3) is 6.08 Å². The average Bonchev–Trinajstić information content (AvgIpc) is 3.38. The summed E-state index contributed by atoms with van der Waals surface area (Å²) in [4.78, 5) is 2.08. The minimum absolute atomic E-state index is 0.0764. The van der Waals surface area contributed by atoms with E-state index in [4.69, 9.17) is 4.74 Å². The van der Waals surface area contributed by atoms with Gasteiger partial charge in [-0.1, -0.05) is 92.8 Å². The molecule has 2 aromatic carbocycles. The summed E-state index contributed by atoms with van der Waals surface area (Å²) in [6, 6.07) is 19.8. The van der Waals surface area contributed by atoms with Gasteiger partial charge in [0, 0.05) is 29.9 Å². The van der Waals surface area contributed by atoms with Crippen LogP contribution >= 0.6 is 0 Å². The van der Waals surface area contributed by atoms with E-state index in [0.717, 1.165) is 35.4 Å². The second kappa shape index (κ2) is 14.4. The molecule has 0 radical (unpaired) electrons. The highest BCUT2D eigenvalue weighted by molar-refractivity contribution is 5.63. The van der Waals surface area contributed by atoms with Gasteiger partial charge in [-0.15, -0.1) is 0 Å². The third-order valence-corrected chi connectivity index (χ3v) is 8.08. The fraction of sp³-hybridized carbons (Fsp3) is 0.289. The van der Waals surface area contributed by atoms with Gasteiger partial charge in [0.1, 0.15) is 23.8 Å². The molecule has 9 heteroatoms. The van der Waals surface area contributed by atoms with E-state index in [-0.39, 0.29) is 17.6 Å². The smallest absolute Gasteiger partial charge is 0.437 e. The maximum Gasteiger partial charge on any atom is 0.437 e. The topological polar surface area (TPSA) is 104 Å². The molecule has 1 unspecified atom stereocenters. The van der Waals surface area contributed by atoms with Gasteiger partial charge in [-0.2, -0.15) is 29.0 Å². The maximum absolute atomic E-state index is 15.0. The number of likely N-dealkylation sites (N-methyl/N-ethyl adjacent to an activating group) is 1. The van der Waals surface area contributed by atoms with Crippen molar-refractivity contribution in [2.75, 3.05) is 24.6 Å². The highest BCUT2D eigenvalue weighted by Gasteiger charge is 2.65. The van der Waals surface area contributed by atoms with Crippen LogP contribution in [0.15, 0.2) is 119 Å². The molecule has 0 saturated heterocycles. The first-order valence-corrected chi connectivity index (χ1v) is 15.2. The number of anilines is 1. The minimum Gasteiger partial charge on any atom is -0.465 e. The van der Waals surface area contributed by atoms with Crippen molar-refractivity contribution in [3.8, 4) is 18.2 Å². The van der Waals surface area contributed by atoms with Gasteiger partial charge in [-0.3, -0.25) is 0 Å². The molecule has 2 aliphatic rings. The summed E-state index contributed by atoms with van der Waals surface area (Å²) in [6.07, 6.45) is 6.84. The molecule has 0 bridgehead atoms. The van der Waals surface area contributed by atoms with E-state index in [2.05, 4.69) is 18.7 Å². The number of ether oxygens (including phenoxy) is 1. The zero-order valence-electron chi connectivity index (χ0n) is 26.5. The van der Waals surface area contributed by atoms with Gasteiger partial charge in [0.2, 0.25) is 0 Å². The van der Waals surface area contributed by atoms with E-state index in [0.29, 0.717) is 13.0 Å². The fourth-order valence-electron chi connectivity index (χ4n) is 6.01. The molecule has 240 valence electrons. The summed E-state index contributed by atoms with van der Waals surface area (Å²) in [7, 11) is 0. The number of halogens is 3. The quantitative estimate of drug-likeness (QED) is 0.278. The first-order valence-electron chi connectivity index (χ1n) is 15.2. The van der Waals surface area contributed by atoms with Crippen LogP contribution in [0.1, 0.15) is 44.7 Å². The lowest BCUT2D eigenvalue weighted by Gasteiger charge is -2.33. The van der Waals surface area contributed by atoms with Gasteiger partial charge in [0.05, 0.1) is 6.61 Å². The van der Waals surface area contributed by atoms with Crippen LogP contribution in [0.2, 0.25) is 0 Å². The number of hydrogen-bond donors (Lipinski definition) is 1. The molecule has 1 heterocycles. The van der Waals surface area contributed by atoms with Gasteiger partial charge in [0.25, 0.3) is 5.60 Å². The number of alkyl halides is 3. The summed E-state index contributed by atoms with van der Waals surface area (Å²) in [6.45, 7) is 7.69. The number of nitrogens with zero attached hydrogens (tertiary/aromatic N) is 4. The van der Waals surface area contributed by atoms with Gasteiger partial charge in [0.15, 0.2) is 11.3 Å². The normalized spacial score (nSPS) is 20.1. The van der Waals surface area contributed by atoms with E-state index in [9.17, 15) is 20.9 Å². The van der Waals surface area contributed by atoms with Crippen molar-refractivity contribution in [1.29, 1.82) is 15.8 Å². The molecule has 0 fully saturated rings. The van der Waals surface area contributed by atoms with Crippen LogP contribution in [-0.2, 0) is 10.3 Å². The lowest BCUT2D eigenvalue weighted by Crippen LogP contribution is -2.43. The number of aliphatic hydroxyl groups is 1. The first-order chi connectivity index (χ1) is 22.4. The summed E-state index contributed by atoms with van der Waals surface area (Å²) in [5, 5.41) is 38.2. The Bertz CT molecular complexity index is 1780. The number of benzene rings is 2. The van der Waals surface area contributed by atoms with Crippen molar-refractivity contribution < 1.29 is 23.0 Å².